The topological polar surface area (TPSA) is 25.8 Å². The Morgan fingerprint density at radius 2 is 2.08 bits per heavy atom. The van der Waals surface area contributed by atoms with Gasteiger partial charge in [0.05, 0.1) is 10.2 Å². The molecule has 13 heavy (non-hydrogen) atoms. The van der Waals surface area contributed by atoms with E-state index in [0.717, 1.165) is 10.2 Å². The molecule has 1 aromatic rings. The fourth-order valence-corrected chi connectivity index (χ4v) is 2.50. The molecule has 0 amide bonds. The highest BCUT2D eigenvalue weighted by atomic mass is 79.9. The van der Waals surface area contributed by atoms with Crippen LogP contribution in [0, 0.1) is 0 Å². The van der Waals surface area contributed by atoms with E-state index in [9.17, 15) is 0 Å². The molecule has 0 radical (unpaired) electrons. The maximum Gasteiger partial charge on any atom is 0.222 e. The maximum atomic E-state index is 5.75. The van der Waals surface area contributed by atoms with Crippen LogP contribution in [0.15, 0.2) is 10.7 Å². The average molecular weight is 262 g/mol. The molecule has 1 aromatic heterocycles. The van der Waals surface area contributed by atoms with Gasteiger partial charge in [-0.15, -0.1) is 0 Å². The monoisotopic (exact) mass is 260 g/mol. The Morgan fingerprint density at radius 1 is 1.38 bits per heavy atom. The minimum Gasteiger partial charge on any atom is -0.225 e. The summed E-state index contributed by atoms with van der Waals surface area (Å²) in [5.74, 6) is 0.579. The highest BCUT2D eigenvalue weighted by Gasteiger charge is 2.21. The van der Waals surface area contributed by atoms with E-state index in [-0.39, 0.29) is 0 Å². The molecule has 0 unspecified atom stereocenters. The van der Waals surface area contributed by atoms with Crippen LogP contribution in [0.3, 0.4) is 0 Å². The number of nitrogens with zero attached hydrogens (tertiary/aromatic N) is 2. The van der Waals surface area contributed by atoms with Crippen LogP contribution in [-0.2, 0) is 0 Å². The molecule has 2 rings (SSSR count). The van der Waals surface area contributed by atoms with E-state index in [1.165, 1.54) is 25.7 Å². The standard InChI is InChI=1S/C9H10BrClN2/c10-7-5-12-9(11)13-8(7)6-3-1-2-4-6/h5-6H,1-4H2. The summed E-state index contributed by atoms with van der Waals surface area (Å²) in [7, 11) is 0. The number of rotatable bonds is 1. The predicted molar refractivity (Wildman–Crippen MR) is 56.0 cm³/mol. The molecule has 1 fully saturated rings. The lowest BCUT2D eigenvalue weighted by Crippen LogP contribution is -1.99. The average Bonchev–Trinajstić information content (AvgIpc) is 2.61. The first-order valence-electron chi connectivity index (χ1n) is 4.45. The quantitative estimate of drug-likeness (QED) is 0.723. The van der Waals surface area contributed by atoms with Gasteiger partial charge in [-0.1, -0.05) is 12.8 Å². The van der Waals surface area contributed by atoms with E-state index in [4.69, 9.17) is 11.6 Å². The summed E-state index contributed by atoms with van der Waals surface area (Å²) >= 11 is 9.21. The van der Waals surface area contributed by atoms with Crippen LogP contribution in [0.25, 0.3) is 0 Å². The van der Waals surface area contributed by atoms with Crippen molar-refractivity contribution in [2.75, 3.05) is 0 Å². The van der Waals surface area contributed by atoms with Crippen molar-refractivity contribution < 1.29 is 0 Å². The third kappa shape index (κ3) is 2.02. The summed E-state index contributed by atoms with van der Waals surface area (Å²) in [6.07, 6.45) is 6.80. The minimum atomic E-state index is 0.352. The minimum absolute atomic E-state index is 0.352. The molecule has 1 saturated carbocycles. The summed E-state index contributed by atoms with van der Waals surface area (Å²) in [6.45, 7) is 0. The molecule has 1 heterocycles. The van der Waals surface area contributed by atoms with Crippen LogP contribution >= 0.6 is 27.5 Å². The van der Waals surface area contributed by atoms with Crippen molar-refractivity contribution >= 4 is 27.5 Å². The van der Waals surface area contributed by atoms with E-state index in [1.807, 2.05) is 0 Å². The fraction of sp³-hybridized carbons (Fsp3) is 0.556. The zero-order valence-electron chi connectivity index (χ0n) is 7.13. The Balaban J connectivity index is 2.32. The molecule has 0 aliphatic heterocycles. The smallest absolute Gasteiger partial charge is 0.222 e. The predicted octanol–water partition coefficient (Wildman–Crippen LogP) is 3.55. The first kappa shape index (κ1) is 9.41. The van der Waals surface area contributed by atoms with E-state index in [0.29, 0.717) is 11.2 Å². The van der Waals surface area contributed by atoms with Crippen LogP contribution in [-0.4, -0.2) is 9.97 Å². The molecule has 4 heteroatoms. The molecular weight excluding hydrogens is 251 g/mol. The van der Waals surface area contributed by atoms with Gasteiger partial charge in [-0.3, -0.25) is 0 Å². The Kier molecular flexibility index (Phi) is 2.84. The lowest BCUT2D eigenvalue weighted by molar-refractivity contribution is 0.689. The second kappa shape index (κ2) is 3.93. The van der Waals surface area contributed by atoms with Gasteiger partial charge in [-0.05, 0) is 40.4 Å². The molecular formula is C9H10BrClN2. The normalized spacial score (nSPS) is 18.0. The van der Waals surface area contributed by atoms with Gasteiger partial charge >= 0.3 is 0 Å². The van der Waals surface area contributed by atoms with E-state index in [1.54, 1.807) is 6.20 Å². The summed E-state index contributed by atoms with van der Waals surface area (Å²) < 4.78 is 0.990. The van der Waals surface area contributed by atoms with Gasteiger partial charge < -0.3 is 0 Å². The van der Waals surface area contributed by atoms with Crippen molar-refractivity contribution in [1.29, 1.82) is 0 Å². The molecule has 0 spiro atoms. The van der Waals surface area contributed by atoms with Crippen molar-refractivity contribution in [2.45, 2.75) is 31.6 Å². The second-order valence-corrected chi connectivity index (χ2v) is 4.55. The van der Waals surface area contributed by atoms with Gasteiger partial charge in [0.25, 0.3) is 0 Å². The summed E-state index contributed by atoms with van der Waals surface area (Å²) in [5.41, 5.74) is 1.08. The van der Waals surface area contributed by atoms with Crippen LogP contribution in [0.5, 0.6) is 0 Å². The van der Waals surface area contributed by atoms with Gasteiger partial charge in [0, 0.05) is 12.1 Å². The lowest BCUT2D eigenvalue weighted by atomic mass is 10.0. The van der Waals surface area contributed by atoms with E-state index >= 15 is 0 Å². The van der Waals surface area contributed by atoms with Gasteiger partial charge in [0.1, 0.15) is 0 Å². The van der Waals surface area contributed by atoms with Crippen molar-refractivity contribution in [3.05, 3.63) is 21.6 Å². The second-order valence-electron chi connectivity index (χ2n) is 3.35. The van der Waals surface area contributed by atoms with Gasteiger partial charge in [0.2, 0.25) is 5.28 Å². The summed E-state index contributed by atoms with van der Waals surface area (Å²) in [6, 6.07) is 0. The first-order valence-corrected chi connectivity index (χ1v) is 5.62. The molecule has 2 nitrogen and oxygen atoms in total. The third-order valence-electron chi connectivity index (χ3n) is 2.48. The van der Waals surface area contributed by atoms with E-state index < -0.39 is 0 Å². The summed E-state index contributed by atoms with van der Waals surface area (Å²) in [4.78, 5) is 8.18. The third-order valence-corrected chi connectivity index (χ3v) is 3.28. The molecule has 0 bridgehead atoms. The maximum absolute atomic E-state index is 5.75. The number of hydrogen-bond donors (Lipinski definition) is 0. The molecule has 70 valence electrons. The van der Waals surface area contributed by atoms with E-state index in [2.05, 4.69) is 25.9 Å². The number of aromatic nitrogens is 2. The first-order chi connectivity index (χ1) is 6.27. The van der Waals surface area contributed by atoms with Crippen LogP contribution in [0.1, 0.15) is 37.3 Å². The SMILES string of the molecule is Clc1ncc(Br)c(C2CCCC2)n1. The van der Waals surface area contributed by atoms with Crippen molar-refractivity contribution in [3.63, 3.8) is 0 Å². The molecule has 0 aromatic carbocycles. The zero-order chi connectivity index (χ0) is 9.26. The Labute approximate surface area is 90.9 Å². The molecule has 1 aliphatic rings. The molecule has 1 aliphatic carbocycles. The van der Waals surface area contributed by atoms with Gasteiger partial charge in [0.15, 0.2) is 0 Å². The van der Waals surface area contributed by atoms with Crippen molar-refractivity contribution in [1.82, 2.24) is 9.97 Å². The van der Waals surface area contributed by atoms with Crippen molar-refractivity contribution in [2.24, 2.45) is 0 Å². The Morgan fingerprint density at radius 3 is 2.77 bits per heavy atom. The molecule has 0 saturated heterocycles. The largest absolute Gasteiger partial charge is 0.225 e. The highest BCUT2D eigenvalue weighted by Crippen LogP contribution is 2.36. The Hall–Kier alpha value is -0.150. The number of halogens is 2. The van der Waals surface area contributed by atoms with Crippen molar-refractivity contribution in [3.8, 4) is 0 Å². The molecule has 0 atom stereocenters. The van der Waals surface area contributed by atoms with Gasteiger partial charge in [-0.25, -0.2) is 9.97 Å². The summed E-state index contributed by atoms with van der Waals surface area (Å²) in [5, 5.41) is 0.352. The Bertz CT molecular complexity index is 310. The highest BCUT2D eigenvalue weighted by molar-refractivity contribution is 9.10. The van der Waals surface area contributed by atoms with Crippen LogP contribution in [0.2, 0.25) is 5.28 Å². The fourth-order valence-electron chi connectivity index (χ4n) is 1.84. The lowest BCUT2D eigenvalue weighted by Gasteiger charge is -2.09. The van der Waals surface area contributed by atoms with Crippen LogP contribution < -0.4 is 0 Å². The zero-order valence-corrected chi connectivity index (χ0v) is 9.48. The van der Waals surface area contributed by atoms with Gasteiger partial charge in [-0.2, -0.15) is 0 Å². The molecule has 0 N–H and O–H groups in total. The number of hydrogen-bond acceptors (Lipinski definition) is 2. The van der Waals surface area contributed by atoms with Crippen LogP contribution in [0.4, 0.5) is 0 Å².